The van der Waals surface area contributed by atoms with Gasteiger partial charge in [0.25, 0.3) is 0 Å². The van der Waals surface area contributed by atoms with E-state index in [4.69, 9.17) is 0 Å². The Balaban J connectivity index is 1.44. The monoisotopic (exact) mass is 481 g/mol. The Labute approximate surface area is 199 Å². The SMILES string of the molecule is O=S(=O)(c1ccccc1F)N1CCCCN2[C@H](CO)[C@H](c3ccc(-c4cccnc4)cc3)[C@H]2C1. The molecule has 1 aromatic heterocycles. The van der Waals surface area contributed by atoms with Gasteiger partial charge in [-0.05, 0) is 54.3 Å². The van der Waals surface area contributed by atoms with Gasteiger partial charge < -0.3 is 5.11 Å². The van der Waals surface area contributed by atoms with Crippen LogP contribution in [0.25, 0.3) is 11.1 Å². The van der Waals surface area contributed by atoms with E-state index >= 15 is 0 Å². The third-order valence-corrected chi connectivity index (χ3v) is 8.98. The number of halogens is 1. The number of aliphatic hydroxyl groups excluding tert-OH is 1. The van der Waals surface area contributed by atoms with Crippen LogP contribution in [0.15, 0.2) is 78.0 Å². The van der Waals surface area contributed by atoms with Gasteiger partial charge in [0.1, 0.15) is 10.7 Å². The molecule has 0 unspecified atom stereocenters. The molecule has 5 rings (SSSR count). The van der Waals surface area contributed by atoms with Crippen molar-refractivity contribution in [3.8, 4) is 11.1 Å². The van der Waals surface area contributed by atoms with Gasteiger partial charge in [-0.25, -0.2) is 12.8 Å². The Morgan fingerprint density at radius 2 is 1.74 bits per heavy atom. The molecule has 3 aromatic rings. The van der Waals surface area contributed by atoms with Crippen LogP contribution in [0.3, 0.4) is 0 Å². The lowest BCUT2D eigenvalue weighted by Crippen LogP contribution is -2.67. The van der Waals surface area contributed by atoms with Gasteiger partial charge in [0, 0.05) is 43.5 Å². The van der Waals surface area contributed by atoms with Gasteiger partial charge in [-0.1, -0.05) is 42.5 Å². The third kappa shape index (κ3) is 4.15. The summed E-state index contributed by atoms with van der Waals surface area (Å²) < 4.78 is 42.5. The molecule has 0 aliphatic carbocycles. The number of fused-ring (bicyclic) bond motifs is 1. The Kier molecular flexibility index (Phi) is 6.48. The van der Waals surface area contributed by atoms with Crippen molar-refractivity contribution in [1.29, 1.82) is 0 Å². The highest BCUT2D eigenvalue weighted by atomic mass is 32.2. The molecule has 0 bridgehead atoms. The fourth-order valence-electron chi connectivity index (χ4n) is 5.35. The predicted molar refractivity (Wildman–Crippen MR) is 128 cm³/mol. The first-order chi connectivity index (χ1) is 16.5. The molecule has 2 aromatic carbocycles. The number of sulfonamides is 1. The summed E-state index contributed by atoms with van der Waals surface area (Å²) in [5.74, 6) is -0.741. The first kappa shape index (κ1) is 23.1. The second-order valence-electron chi connectivity index (χ2n) is 8.95. The average Bonchev–Trinajstić information content (AvgIpc) is 2.84. The van der Waals surface area contributed by atoms with Crippen molar-refractivity contribution >= 4 is 10.0 Å². The number of benzene rings is 2. The summed E-state index contributed by atoms with van der Waals surface area (Å²) in [5.41, 5.74) is 3.14. The second-order valence-corrected chi connectivity index (χ2v) is 10.9. The molecule has 0 spiro atoms. The summed E-state index contributed by atoms with van der Waals surface area (Å²) in [7, 11) is -3.97. The Morgan fingerprint density at radius 3 is 2.44 bits per heavy atom. The van der Waals surface area contributed by atoms with Crippen molar-refractivity contribution in [2.75, 3.05) is 26.2 Å². The molecule has 3 atom stereocenters. The molecular formula is C26H28FN3O3S. The van der Waals surface area contributed by atoms with Crippen molar-refractivity contribution in [3.05, 3.63) is 84.4 Å². The van der Waals surface area contributed by atoms with Crippen LogP contribution in [0.2, 0.25) is 0 Å². The maximum Gasteiger partial charge on any atom is 0.246 e. The van der Waals surface area contributed by atoms with Crippen LogP contribution in [-0.4, -0.2) is 66.0 Å². The molecule has 34 heavy (non-hydrogen) atoms. The average molecular weight is 482 g/mol. The highest BCUT2D eigenvalue weighted by Gasteiger charge is 2.50. The van der Waals surface area contributed by atoms with E-state index in [1.807, 2.05) is 30.5 Å². The minimum absolute atomic E-state index is 0.00554. The smallest absolute Gasteiger partial charge is 0.246 e. The molecule has 0 saturated carbocycles. The van der Waals surface area contributed by atoms with Crippen LogP contribution in [0.5, 0.6) is 0 Å². The van der Waals surface area contributed by atoms with Crippen LogP contribution in [0.1, 0.15) is 24.3 Å². The summed E-state index contributed by atoms with van der Waals surface area (Å²) in [6.45, 7) is 1.44. The summed E-state index contributed by atoms with van der Waals surface area (Å²) >= 11 is 0. The van der Waals surface area contributed by atoms with Crippen LogP contribution in [-0.2, 0) is 10.0 Å². The molecular weight excluding hydrogens is 453 g/mol. The maximum absolute atomic E-state index is 14.4. The minimum Gasteiger partial charge on any atom is -0.395 e. The highest BCUT2D eigenvalue weighted by molar-refractivity contribution is 7.89. The van der Waals surface area contributed by atoms with E-state index < -0.39 is 15.8 Å². The predicted octanol–water partition coefficient (Wildman–Crippen LogP) is 3.50. The number of hydrogen-bond acceptors (Lipinski definition) is 5. The number of pyridine rings is 1. The lowest BCUT2D eigenvalue weighted by atomic mass is 9.74. The molecule has 6 nitrogen and oxygen atoms in total. The first-order valence-electron chi connectivity index (χ1n) is 11.6. The summed E-state index contributed by atoms with van der Waals surface area (Å²) in [4.78, 5) is 6.11. The van der Waals surface area contributed by atoms with E-state index in [9.17, 15) is 17.9 Å². The molecule has 8 heteroatoms. The fraction of sp³-hybridized carbons (Fsp3) is 0.346. The molecule has 0 amide bonds. The van der Waals surface area contributed by atoms with E-state index in [0.717, 1.165) is 29.7 Å². The molecule has 2 aliphatic heterocycles. The van der Waals surface area contributed by atoms with Crippen molar-refractivity contribution < 1.29 is 17.9 Å². The molecule has 2 aliphatic rings. The molecule has 178 valence electrons. The zero-order valence-electron chi connectivity index (χ0n) is 18.8. The standard InChI is InChI=1S/C26H28FN3O3S/c27-22-7-1-2-8-25(22)34(32,33)29-14-3-4-15-30-23(17-29)26(24(30)18-31)20-11-9-19(10-12-20)21-6-5-13-28-16-21/h1-2,5-13,16,23-24,26,31H,3-4,14-15,17-18H2/t23-,24-,26-/m1/s1. The Bertz CT molecular complexity index is 1240. The molecule has 2 fully saturated rings. The summed E-state index contributed by atoms with van der Waals surface area (Å²) in [6.07, 6.45) is 5.07. The van der Waals surface area contributed by atoms with Crippen molar-refractivity contribution in [3.63, 3.8) is 0 Å². The van der Waals surface area contributed by atoms with Gasteiger partial charge in [0.05, 0.1) is 6.61 Å². The van der Waals surface area contributed by atoms with E-state index in [0.29, 0.717) is 13.0 Å². The number of aliphatic hydroxyl groups is 1. The largest absolute Gasteiger partial charge is 0.395 e. The summed E-state index contributed by atoms with van der Waals surface area (Å²) in [5, 5.41) is 10.2. The van der Waals surface area contributed by atoms with Gasteiger partial charge in [0.15, 0.2) is 0 Å². The minimum atomic E-state index is -3.97. The van der Waals surface area contributed by atoms with E-state index in [1.165, 1.54) is 22.5 Å². The molecule has 3 heterocycles. The quantitative estimate of drug-likeness (QED) is 0.604. The number of rotatable bonds is 5. The van der Waals surface area contributed by atoms with Gasteiger partial charge in [-0.2, -0.15) is 4.31 Å². The van der Waals surface area contributed by atoms with Crippen LogP contribution < -0.4 is 0 Å². The van der Waals surface area contributed by atoms with Crippen molar-refractivity contribution in [1.82, 2.24) is 14.2 Å². The number of hydrogen-bond donors (Lipinski definition) is 1. The van der Waals surface area contributed by atoms with Gasteiger partial charge in [0.2, 0.25) is 10.0 Å². The van der Waals surface area contributed by atoms with E-state index in [2.05, 4.69) is 22.0 Å². The van der Waals surface area contributed by atoms with E-state index in [1.54, 1.807) is 12.3 Å². The van der Waals surface area contributed by atoms with Crippen LogP contribution >= 0.6 is 0 Å². The van der Waals surface area contributed by atoms with Crippen LogP contribution in [0, 0.1) is 5.82 Å². The number of aromatic nitrogens is 1. The van der Waals surface area contributed by atoms with E-state index in [-0.39, 0.29) is 36.0 Å². The Morgan fingerprint density at radius 1 is 0.971 bits per heavy atom. The second kappa shape index (κ2) is 9.54. The Hall–Kier alpha value is -2.65. The molecule has 1 N–H and O–H groups in total. The number of nitrogens with zero attached hydrogens (tertiary/aromatic N) is 3. The maximum atomic E-state index is 14.4. The molecule has 2 saturated heterocycles. The van der Waals surface area contributed by atoms with Gasteiger partial charge >= 0.3 is 0 Å². The molecule has 0 radical (unpaired) electrons. The zero-order chi connectivity index (χ0) is 23.7. The van der Waals surface area contributed by atoms with Gasteiger partial charge in [-0.3, -0.25) is 9.88 Å². The zero-order valence-corrected chi connectivity index (χ0v) is 19.6. The van der Waals surface area contributed by atoms with Gasteiger partial charge in [-0.15, -0.1) is 0 Å². The summed E-state index contributed by atoms with van der Waals surface area (Å²) in [6, 6.07) is 17.5. The first-order valence-corrected chi connectivity index (χ1v) is 13.1. The lowest BCUT2D eigenvalue weighted by Gasteiger charge is -2.57. The topological polar surface area (TPSA) is 73.7 Å². The lowest BCUT2D eigenvalue weighted by molar-refractivity contribution is -0.0554. The fourth-order valence-corrected chi connectivity index (χ4v) is 6.91. The highest BCUT2D eigenvalue weighted by Crippen LogP contribution is 2.43. The van der Waals surface area contributed by atoms with Crippen LogP contribution in [0.4, 0.5) is 4.39 Å². The third-order valence-electron chi connectivity index (χ3n) is 7.08. The van der Waals surface area contributed by atoms with Crippen molar-refractivity contribution in [2.45, 2.75) is 35.7 Å². The normalized spacial score (nSPS) is 24.0. The van der Waals surface area contributed by atoms with Crippen molar-refractivity contribution in [2.24, 2.45) is 0 Å².